The van der Waals surface area contributed by atoms with Gasteiger partial charge in [-0.25, -0.2) is 4.39 Å². The van der Waals surface area contributed by atoms with Crippen molar-refractivity contribution in [3.8, 4) is 0 Å². The molecule has 1 aromatic rings. The first kappa shape index (κ1) is 13.0. The van der Waals surface area contributed by atoms with Gasteiger partial charge in [-0.3, -0.25) is 4.79 Å². The smallest absolute Gasteiger partial charge is 0.254 e. The molecule has 0 aromatic heterocycles. The van der Waals surface area contributed by atoms with Gasteiger partial charge in [0.25, 0.3) is 5.91 Å². The second-order valence-electron chi connectivity index (χ2n) is 3.54. The number of amides is 1. The average Bonchev–Trinajstić information content (AvgIpc) is 2.28. The van der Waals surface area contributed by atoms with E-state index in [1.807, 2.05) is 6.92 Å². The van der Waals surface area contributed by atoms with Crippen molar-refractivity contribution >= 4 is 17.5 Å². The van der Waals surface area contributed by atoms with Gasteiger partial charge in [0.05, 0.1) is 5.56 Å². The van der Waals surface area contributed by atoms with E-state index in [4.69, 9.17) is 11.6 Å². The summed E-state index contributed by atoms with van der Waals surface area (Å²) < 4.78 is 13.3. The number of benzene rings is 1. The molecular formula is C12H15ClFNO. The summed E-state index contributed by atoms with van der Waals surface area (Å²) in [6.07, 6.45) is 1.48. The molecule has 0 aliphatic rings. The van der Waals surface area contributed by atoms with Gasteiger partial charge in [-0.05, 0) is 25.0 Å². The third-order valence-corrected chi connectivity index (χ3v) is 2.62. The van der Waals surface area contributed by atoms with E-state index in [2.05, 4.69) is 5.32 Å². The van der Waals surface area contributed by atoms with Gasteiger partial charge in [0.1, 0.15) is 5.82 Å². The Morgan fingerprint density at radius 3 is 2.75 bits per heavy atom. The van der Waals surface area contributed by atoms with Gasteiger partial charge in [-0.1, -0.05) is 19.1 Å². The van der Waals surface area contributed by atoms with Crippen LogP contribution in [0.4, 0.5) is 4.39 Å². The van der Waals surface area contributed by atoms with E-state index >= 15 is 0 Å². The lowest BCUT2D eigenvalue weighted by molar-refractivity contribution is 0.0931. The highest BCUT2D eigenvalue weighted by Gasteiger charge is 2.14. The number of hydrogen-bond acceptors (Lipinski definition) is 1. The van der Waals surface area contributed by atoms with Crippen molar-refractivity contribution in [1.29, 1.82) is 0 Å². The van der Waals surface area contributed by atoms with Crippen LogP contribution in [0.3, 0.4) is 0 Å². The van der Waals surface area contributed by atoms with Crippen LogP contribution in [0.1, 0.15) is 30.1 Å². The van der Waals surface area contributed by atoms with Crippen molar-refractivity contribution in [2.75, 3.05) is 5.88 Å². The van der Waals surface area contributed by atoms with Crippen LogP contribution in [0.15, 0.2) is 24.3 Å². The van der Waals surface area contributed by atoms with Crippen LogP contribution in [0, 0.1) is 5.82 Å². The van der Waals surface area contributed by atoms with Gasteiger partial charge in [0, 0.05) is 11.9 Å². The van der Waals surface area contributed by atoms with Crippen molar-refractivity contribution < 1.29 is 9.18 Å². The van der Waals surface area contributed by atoms with Crippen LogP contribution < -0.4 is 5.32 Å². The molecule has 0 spiro atoms. The summed E-state index contributed by atoms with van der Waals surface area (Å²) in [6.45, 7) is 1.96. The molecular weight excluding hydrogens is 229 g/mol. The van der Waals surface area contributed by atoms with Gasteiger partial charge in [0.15, 0.2) is 0 Å². The summed E-state index contributed by atoms with van der Waals surface area (Å²) in [5.74, 6) is -0.397. The first-order valence-corrected chi connectivity index (χ1v) is 5.83. The third-order valence-electron chi connectivity index (χ3n) is 2.40. The van der Waals surface area contributed by atoms with Gasteiger partial charge >= 0.3 is 0 Å². The lowest BCUT2D eigenvalue weighted by Crippen LogP contribution is -2.35. The molecule has 0 radical (unpaired) electrons. The summed E-state index contributed by atoms with van der Waals surface area (Å²) in [6, 6.07) is 5.95. The first-order valence-electron chi connectivity index (χ1n) is 5.30. The highest BCUT2D eigenvalue weighted by Crippen LogP contribution is 2.08. The Bertz CT molecular complexity index is 357. The summed E-state index contributed by atoms with van der Waals surface area (Å²) in [7, 11) is 0. The number of rotatable bonds is 5. The molecule has 0 aliphatic heterocycles. The normalized spacial score (nSPS) is 12.2. The zero-order chi connectivity index (χ0) is 12.0. The van der Waals surface area contributed by atoms with Crippen molar-refractivity contribution in [2.24, 2.45) is 0 Å². The third kappa shape index (κ3) is 3.49. The topological polar surface area (TPSA) is 29.1 Å². The highest BCUT2D eigenvalue weighted by atomic mass is 35.5. The summed E-state index contributed by atoms with van der Waals surface area (Å²) in [4.78, 5) is 11.7. The van der Waals surface area contributed by atoms with Gasteiger partial charge in [-0.15, -0.1) is 11.6 Å². The number of carbonyl (C=O) groups is 1. The fourth-order valence-corrected chi connectivity index (χ4v) is 1.68. The lowest BCUT2D eigenvalue weighted by Gasteiger charge is -2.15. The Morgan fingerprint density at radius 2 is 2.19 bits per heavy atom. The molecule has 1 rings (SSSR count). The molecule has 1 amide bonds. The van der Waals surface area contributed by atoms with Crippen LogP contribution in [-0.2, 0) is 0 Å². The minimum atomic E-state index is -0.499. The maximum Gasteiger partial charge on any atom is 0.254 e. The molecule has 1 atom stereocenters. The molecule has 1 unspecified atom stereocenters. The maximum absolute atomic E-state index is 13.3. The Balaban J connectivity index is 2.68. The standard InChI is InChI=1S/C12H15ClFNO/c1-2-9(7-8-13)15-12(16)10-5-3-4-6-11(10)14/h3-6,9H,2,7-8H2,1H3,(H,15,16). The average molecular weight is 244 g/mol. The van der Waals surface area contributed by atoms with E-state index in [1.165, 1.54) is 12.1 Å². The molecule has 16 heavy (non-hydrogen) atoms. The monoisotopic (exact) mass is 243 g/mol. The maximum atomic E-state index is 13.3. The Kier molecular flexibility index (Phi) is 5.26. The molecule has 0 saturated heterocycles. The first-order chi connectivity index (χ1) is 7.69. The Hall–Kier alpha value is -1.09. The number of hydrogen-bond donors (Lipinski definition) is 1. The van der Waals surface area contributed by atoms with E-state index in [-0.39, 0.29) is 17.5 Å². The largest absolute Gasteiger partial charge is 0.349 e. The van der Waals surface area contributed by atoms with Crippen molar-refractivity contribution in [3.05, 3.63) is 35.6 Å². The number of nitrogens with one attached hydrogen (secondary N) is 1. The minimum absolute atomic E-state index is 0.00426. The number of carbonyl (C=O) groups excluding carboxylic acids is 1. The van der Waals surface area contributed by atoms with Crippen LogP contribution in [0.25, 0.3) is 0 Å². The second-order valence-corrected chi connectivity index (χ2v) is 3.91. The molecule has 0 heterocycles. The van der Waals surface area contributed by atoms with Gasteiger partial charge < -0.3 is 5.32 Å². The Morgan fingerprint density at radius 1 is 1.50 bits per heavy atom. The predicted octanol–water partition coefficient (Wildman–Crippen LogP) is 2.96. The fourth-order valence-electron chi connectivity index (χ4n) is 1.42. The van der Waals surface area contributed by atoms with Crippen LogP contribution >= 0.6 is 11.6 Å². The van der Waals surface area contributed by atoms with E-state index in [0.717, 1.165) is 6.42 Å². The number of alkyl halides is 1. The molecule has 0 aliphatic carbocycles. The lowest BCUT2D eigenvalue weighted by atomic mass is 10.1. The van der Waals surface area contributed by atoms with E-state index < -0.39 is 5.82 Å². The van der Waals surface area contributed by atoms with Crippen LogP contribution in [-0.4, -0.2) is 17.8 Å². The Labute approximate surface area is 99.8 Å². The highest BCUT2D eigenvalue weighted by molar-refractivity contribution is 6.17. The SMILES string of the molecule is CCC(CCCl)NC(=O)c1ccccc1F. The van der Waals surface area contributed by atoms with Crippen molar-refractivity contribution in [2.45, 2.75) is 25.8 Å². The molecule has 88 valence electrons. The van der Waals surface area contributed by atoms with E-state index in [9.17, 15) is 9.18 Å². The molecule has 4 heteroatoms. The van der Waals surface area contributed by atoms with E-state index in [0.29, 0.717) is 12.3 Å². The van der Waals surface area contributed by atoms with E-state index in [1.54, 1.807) is 12.1 Å². The van der Waals surface area contributed by atoms with Crippen LogP contribution in [0.2, 0.25) is 0 Å². The van der Waals surface area contributed by atoms with Crippen molar-refractivity contribution in [3.63, 3.8) is 0 Å². The molecule has 1 N–H and O–H groups in total. The molecule has 0 fully saturated rings. The molecule has 0 saturated carbocycles. The second kappa shape index (κ2) is 6.48. The summed E-state index contributed by atoms with van der Waals surface area (Å²) in [5, 5.41) is 2.76. The minimum Gasteiger partial charge on any atom is -0.349 e. The van der Waals surface area contributed by atoms with Crippen molar-refractivity contribution in [1.82, 2.24) is 5.32 Å². The summed E-state index contributed by atoms with van der Waals surface area (Å²) >= 11 is 5.61. The predicted molar refractivity (Wildman–Crippen MR) is 63.3 cm³/mol. The molecule has 2 nitrogen and oxygen atoms in total. The molecule has 1 aromatic carbocycles. The van der Waals surface area contributed by atoms with Gasteiger partial charge in [0.2, 0.25) is 0 Å². The number of halogens is 2. The fraction of sp³-hybridized carbons (Fsp3) is 0.417. The zero-order valence-corrected chi connectivity index (χ0v) is 9.93. The zero-order valence-electron chi connectivity index (χ0n) is 9.17. The molecule has 0 bridgehead atoms. The van der Waals surface area contributed by atoms with Gasteiger partial charge in [-0.2, -0.15) is 0 Å². The summed E-state index contributed by atoms with van der Waals surface area (Å²) in [5.41, 5.74) is 0.0792. The quantitative estimate of drug-likeness (QED) is 0.792. The van der Waals surface area contributed by atoms with Crippen LogP contribution in [0.5, 0.6) is 0 Å².